The van der Waals surface area contributed by atoms with Crippen LogP contribution in [0.1, 0.15) is 33.6 Å². The van der Waals surface area contributed by atoms with E-state index in [1.54, 1.807) is 0 Å². The van der Waals surface area contributed by atoms with Gasteiger partial charge in [0, 0.05) is 5.92 Å². The zero-order chi connectivity index (χ0) is 8.93. The van der Waals surface area contributed by atoms with E-state index < -0.39 is 0 Å². The Morgan fingerprint density at radius 1 is 1.50 bits per heavy atom. The van der Waals surface area contributed by atoms with Gasteiger partial charge in [-0.05, 0) is 25.2 Å². The molecule has 1 unspecified atom stereocenters. The van der Waals surface area contributed by atoms with Crippen LogP contribution in [0, 0.1) is 17.3 Å². The van der Waals surface area contributed by atoms with E-state index in [9.17, 15) is 4.79 Å². The van der Waals surface area contributed by atoms with Gasteiger partial charge in [0.05, 0.1) is 5.92 Å². The molecule has 2 rings (SSSR count). The van der Waals surface area contributed by atoms with Crippen LogP contribution in [0.25, 0.3) is 0 Å². The number of hydrogen-bond acceptors (Lipinski definition) is 2. The highest BCUT2D eigenvalue weighted by Crippen LogP contribution is 2.52. The summed E-state index contributed by atoms with van der Waals surface area (Å²) in [5.74, 6) is 0.704. The van der Waals surface area contributed by atoms with Crippen molar-refractivity contribution in [3.05, 3.63) is 0 Å². The summed E-state index contributed by atoms with van der Waals surface area (Å²) in [5, 5.41) is 0. The Morgan fingerprint density at radius 2 is 2.17 bits per heavy atom. The van der Waals surface area contributed by atoms with Gasteiger partial charge in [0.25, 0.3) is 0 Å². The molecule has 0 radical (unpaired) electrons. The summed E-state index contributed by atoms with van der Waals surface area (Å²) in [4.78, 5) is 11.5. The smallest absolute Gasteiger partial charge is 0.310 e. The molecule has 68 valence electrons. The fourth-order valence-corrected chi connectivity index (χ4v) is 2.78. The summed E-state index contributed by atoms with van der Waals surface area (Å²) >= 11 is 0. The fourth-order valence-electron chi connectivity index (χ4n) is 2.78. The van der Waals surface area contributed by atoms with Gasteiger partial charge in [0.15, 0.2) is 0 Å². The van der Waals surface area contributed by atoms with Crippen molar-refractivity contribution < 1.29 is 9.53 Å². The summed E-state index contributed by atoms with van der Waals surface area (Å²) in [6.45, 7) is 6.37. The quantitative estimate of drug-likeness (QED) is 0.517. The number of carbonyl (C=O) groups is 1. The third-order valence-electron chi connectivity index (χ3n) is 3.55. The highest BCUT2D eigenvalue weighted by molar-refractivity contribution is 5.76. The Bertz CT molecular complexity index is 220. The molecular formula is C10H16O2. The van der Waals surface area contributed by atoms with E-state index in [1.165, 1.54) is 6.42 Å². The highest BCUT2D eigenvalue weighted by Gasteiger charge is 2.54. The van der Waals surface area contributed by atoms with E-state index in [0.29, 0.717) is 5.92 Å². The lowest BCUT2D eigenvalue weighted by atomic mass is 9.79. The van der Waals surface area contributed by atoms with Crippen molar-refractivity contribution in [3.8, 4) is 0 Å². The minimum Gasteiger partial charge on any atom is -0.462 e. The van der Waals surface area contributed by atoms with Crippen molar-refractivity contribution in [3.63, 3.8) is 0 Å². The van der Waals surface area contributed by atoms with Gasteiger partial charge in [-0.3, -0.25) is 4.79 Å². The molecule has 0 aromatic heterocycles. The molecule has 1 heterocycles. The largest absolute Gasteiger partial charge is 0.462 e. The molecule has 2 aliphatic rings. The van der Waals surface area contributed by atoms with E-state index >= 15 is 0 Å². The Balaban J connectivity index is 2.29. The van der Waals surface area contributed by atoms with E-state index in [1.807, 2.05) is 6.92 Å². The summed E-state index contributed by atoms with van der Waals surface area (Å²) < 4.78 is 5.22. The van der Waals surface area contributed by atoms with Crippen LogP contribution < -0.4 is 0 Å². The van der Waals surface area contributed by atoms with Gasteiger partial charge in [-0.15, -0.1) is 0 Å². The number of cyclic esters (lactones) is 1. The molecule has 2 heteroatoms. The minimum atomic E-state index is 0.0370. The molecular weight excluding hydrogens is 152 g/mol. The molecule has 1 saturated heterocycles. The molecule has 0 N–H and O–H groups in total. The van der Waals surface area contributed by atoms with Crippen molar-refractivity contribution in [1.82, 2.24) is 0 Å². The average Bonchev–Trinajstić information content (AvgIpc) is 2.37. The number of rotatable bonds is 0. The normalized spacial score (nSPS) is 44.2. The maximum absolute atomic E-state index is 11.5. The summed E-state index contributed by atoms with van der Waals surface area (Å²) in [7, 11) is 0. The molecule has 3 atom stereocenters. The summed E-state index contributed by atoms with van der Waals surface area (Å²) in [5.41, 5.74) is 0.173. The van der Waals surface area contributed by atoms with Gasteiger partial charge >= 0.3 is 5.97 Å². The molecule has 0 amide bonds. The number of esters is 1. The Hall–Kier alpha value is -0.530. The number of ether oxygens (including phenoxy) is 1. The molecule has 0 aromatic carbocycles. The van der Waals surface area contributed by atoms with Crippen LogP contribution in [0.2, 0.25) is 0 Å². The van der Waals surface area contributed by atoms with Crippen LogP contribution in [-0.4, -0.2) is 12.1 Å². The van der Waals surface area contributed by atoms with Gasteiger partial charge < -0.3 is 4.74 Å². The van der Waals surface area contributed by atoms with Gasteiger partial charge in [-0.25, -0.2) is 0 Å². The molecule has 1 aliphatic heterocycles. The molecule has 0 spiro atoms. The number of hydrogen-bond donors (Lipinski definition) is 0. The summed E-state index contributed by atoms with van der Waals surface area (Å²) in [6.07, 6.45) is 2.48. The van der Waals surface area contributed by atoms with Crippen LogP contribution in [0.15, 0.2) is 0 Å². The molecule has 0 aromatic rings. The molecule has 1 aliphatic carbocycles. The van der Waals surface area contributed by atoms with Crippen LogP contribution >= 0.6 is 0 Å². The van der Waals surface area contributed by atoms with Crippen LogP contribution in [0.3, 0.4) is 0 Å². The highest BCUT2D eigenvalue weighted by atomic mass is 16.6. The zero-order valence-corrected chi connectivity index (χ0v) is 7.96. The third-order valence-corrected chi connectivity index (χ3v) is 3.55. The van der Waals surface area contributed by atoms with Crippen molar-refractivity contribution in [2.75, 3.05) is 0 Å². The van der Waals surface area contributed by atoms with Gasteiger partial charge in [0.2, 0.25) is 0 Å². The topological polar surface area (TPSA) is 26.3 Å². The predicted octanol–water partition coefficient (Wildman–Crippen LogP) is 1.98. The lowest BCUT2D eigenvalue weighted by molar-refractivity contribution is -0.146. The molecule has 0 bridgehead atoms. The Morgan fingerprint density at radius 3 is 2.75 bits per heavy atom. The first-order valence-electron chi connectivity index (χ1n) is 4.73. The monoisotopic (exact) mass is 168 g/mol. The van der Waals surface area contributed by atoms with E-state index in [2.05, 4.69) is 13.8 Å². The maximum Gasteiger partial charge on any atom is 0.310 e. The van der Waals surface area contributed by atoms with E-state index in [4.69, 9.17) is 4.74 Å². The fraction of sp³-hybridized carbons (Fsp3) is 0.900. The Labute approximate surface area is 73.3 Å². The Kier molecular flexibility index (Phi) is 1.51. The second kappa shape index (κ2) is 2.24. The standard InChI is InChI=1S/C10H16O2/c1-6-7-4-5-10(2,3)8(7)9(11)12-6/h6-8H,4-5H2,1-3H3/t6?,7-,8-/m1/s1. The van der Waals surface area contributed by atoms with Gasteiger partial charge in [-0.2, -0.15) is 0 Å². The molecule has 2 nitrogen and oxygen atoms in total. The van der Waals surface area contributed by atoms with E-state index in [0.717, 1.165) is 6.42 Å². The summed E-state index contributed by atoms with van der Waals surface area (Å²) in [6, 6.07) is 0. The number of carbonyl (C=O) groups excluding carboxylic acids is 1. The van der Waals surface area contributed by atoms with Crippen molar-refractivity contribution in [2.24, 2.45) is 17.3 Å². The SMILES string of the molecule is CC1OC(=O)[C@H]2[C@@H]1CCC2(C)C. The van der Waals surface area contributed by atoms with Crippen molar-refractivity contribution in [1.29, 1.82) is 0 Å². The van der Waals surface area contributed by atoms with Crippen molar-refractivity contribution >= 4 is 5.97 Å². The average molecular weight is 168 g/mol. The van der Waals surface area contributed by atoms with Gasteiger partial charge in [-0.1, -0.05) is 13.8 Å². The predicted molar refractivity (Wildman–Crippen MR) is 45.5 cm³/mol. The molecule has 1 saturated carbocycles. The minimum absolute atomic E-state index is 0.0370. The first-order chi connectivity index (χ1) is 5.52. The first-order valence-corrected chi connectivity index (χ1v) is 4.73. The zero-order valence-electron chi connectivity index (χ0n) is 7.96. The van der Waals surface area contributed by atoms with Crippen LogP contribution in [0.5, 0.6) is 0 Å². The number of fused-ring (bicyclic) bond motifs is 1. The van der Waals surface area contributed by atoms with E-state index in [-0.39, 0.29) is 23.4 Å². The first kappa shape index (κ1) is 8.09. The maximum atomic E-state index is 11.5. The van der Waals surface area contributed by atoms with Crippen molar-refractivity contribution in [2.45, 2.75) is 39.7 Å². The second-order valence-electron chi connectivity index (χ2n) is 4.81. The third kappa shape index (κ3) is 0.900. The molecule has 2 fully saturated rings. The lowest BCUT2D eigenvalue weighted by Crippen LogP contribution is -2.25. The molecule has 12 heavy (non-hydrogen) atoms. The second-order valence-corrected chi connectivity index (χ2v) is 4.81. The lowest BCUT2D eigenvalue weighted by Gasteiger charge is -2.22. The van der Waals surface area contributed by atoms with Crippen LogP contribution in [0.4, 0.5) is 0 Å². The van der Waals surface area contributed by atoms with Crippen LogP contribution in [-0.2, 0) is 9.53 Å². The van der Waals surface area contributed by atoms with Gasteiger partial charge in [0.1, 0.15) is 6.10 Å².